The molecule has 2 N–H and O–H groups in total. The number of hydrogen-bond acceptors (Lipinski definition) is 7. The molecule has 214 valence electrons. The van der Waals surface area contributed by atoms with Gasteiger partial charge in [0.2, 0.25) is 0 Å². The van der Waals surface area contributed by atoms with E-state index in [1.807, 2.05) is 79.7 Å². The highest BCUT2D eigenvalue weighted by Crippen LogP contribution is 2.30. The molecule has 7 heteroatoms. The molecule has 0 aliphatic rings. The van der Waals surface area contributed by atoms with Crippen molar-refractivity contribution >= 4 is 0 Å². The van der Waals surface area contributed by atoms with Gasteiger partial charge in [-0.3, -0.25) is 24.8 Å². The molecule has 0 atom stereocenters. The van der Waals surface area contributed by atoms with Crippen LogP contribution in [0.25, 0.3) is 0 Å². The quantitative estimate of drug-likeness (QED) is 0.185. The molecule has 42 heavy (non-hydrogen) atoms. The maximum atomic E-state index is 11.6. The number of hydrogen-bond donors (Lipinski definition) is 2. The third-order valence-electron chi connectivity index (χ3n) is 7.16. The molecule has 5 aromatic rings. The largest absolute Gasteiger partial charge is 0.508 e. The van der Waals surface area contributed by atoms with Crippen LogP contribution in [0.3, 0.4) is 0 Å². The third-order valence-corrected chi connectivity index (χ3v) is 7.16. The van der Waals surface area contributed by atoms with Crippen molar-refractivity contribution in [3.8, 4) is 11.5 Å². The number of aromatic nitrogens is 3. The molecule has 5 rings (SSSR count). The zero-order valence-corrected chi connectivity index (χ0v) is 24.2. The predicted molar refractivity (Wildman–Crippen MR) is 164 cm³/mol. The zero-order chi connectivity index (χ0) is 29.3. The van der Waals surface area contributed by atoms with Gasteiger partial charge in [-0.05, 0) is 56.3 Å². The summed E-state index contributed by atoms with van der Waals surface area (Å²) in [5.74, 6) is 0.549. The molecule has 0 aliphatic carbocycles. The Bertz CT molecular complexity index is 1540. The topological polar surface area (TPSA) is 85.6 Å². The standard InChI is InChI=1S/C35H37N5O2/c1-26-12-13-34(41)28(17-26)20-39(23-31-9-3-6-14-36-31)21-29-18-27(2)19-30(35(29)42)22-40(24-32-10-4-7-15-37-32)25-33-11-5-8-16-38-33/h3-19,41-42H,20-25H2,1-2H3. The first kappa shape index (κ1) is 28.9. The van der Waals surface area contributed by atoms with Gasteiger partial charge >= 0.3 is 0 Å². The number of nitrogens with zero attached hydrogens (tertiary/aromatic N) is 5. The molecule has 0 saturated heterocycles. The third kappa shape index (κ3) is 8.00. The van der Waals surface area contributed by atoms with Crippen LogP contribution in [0.1, 0.15) is 44.9 Å². The van der Waals surface area contributed by atoms with Crippen LogP contribution in [-0.4, -0.2) is 35.0 Å². The van der Waals surface area contributed by atoms with Crippen LogP contribution in [0.4, 0.5) is 0 Å². The van der Waals surface area contributed by atoms with E-state index in [0.29, 0.717) is 39.3 Å². The monoisotopic (exact) mass is 559 g/mol. The second kappa shape index (κ2) is 13.9. The minimum absolute atomic E-state index is 0.264. The van der Waals surface area contributed by atoms with Crippen LogP contribution in [0.2, 0.25) is 0 Å². The van der Waals surface area contributed by atoms with Gasteiger partial charge in [0.25, 0.3) is 0 Å². The lowest BCUT2D eigenvalue weighted by molar-refractivity contribution is 0.231. The highest BCUT2D eigenvalue weighted by atomic mass is 16.3. The van der Waals surface area contributed by atoms with Crippen LogP contribution < -0.4 is 0 Å². The van der Waals surface area contributed by atoms with Crippen molar-refractivity contribution in [1.29, 1.82) is 0 Å². The summed E-state index contributed by atoms with van der Waals surface area (Å²) < 4.78 is 0. The summed E-state index contributed by atoms with van der Waals surface area (Å²) >= 11 is 0. The van der Waals surface area contributed by atoms with Crippen molar-refractivity contribution < 1.29 is 10.2 Å². The van der Waals surface area contributed by atoms with E-state index in [1.165, 1.54) is 0 Å². The van der Waals surface area contributed by atoms with Gasteiger partial charge in [-0.25, -0.2) is 0 Å². The minimum atomic E-state index is 0.264. The fourth-order valence-corrected chi connectivity index (χ4v) is 5.24. The molecule has 0 fully saturated rings. The first-order chi connectivity index (χ1) is 20.4. The van der Waals surface area contributed by atoms with E-state index in [1.54, 1.807) is 24.7 Å². The first-order valence-electron chi connectivity index (χ1n) is 14.2. The van der Waals surface area contributed by atoms with Crippen LogP contribution in [0.5, 0.6) is 11.5 Å². The number of rotatable bonds is 12. The van der Waals surface area contributed by atoms with E-state index in [9.17, 15) is 10.2 Å². The van der Waals surface area contributed by atoms with Crippen molar-refractivity contribution in [2.24, 2.45) is 0 Å². The molecule has 2 aromatic carbocycles. The Morgan fingerprint density at radius 1 is 0.500 bits per heavy atom. The minimum Gasteiger partial charge on any atom is -0.508 e. The van der Waals surface area contributed by atoms with Crippen LogP contribution in [0, 0.1) is 13.8 Å². The molecule has 7 nitrogen and oxygen atoms in total. The van der Waals surface area contributed by atoms with Crippen LogP contribution >= 0.6 is 0 Å². The van der Waals surface area contributed by atoms with Gasteiger partial charge in [0.15, 0.2) is 0 Å². The molecule has 0 unspecified atom stereocenters. The van der Waals surface area contributed by atoms with Gasteiger partial charge in [0.05, 0.1) is 17.1 Å². The summed E-state index contributed by atoms with van der Waals surface area (Å²) in [7, 11) is 0. The zero-order valence-electron chi connectivity index (χ0n) is 24.2. The van der Waals surface area contributed by atoms with E-state index < -0.39 is 0 Å². The van der Waals surface area contributed by atoms with Gasteiger partial charge in [0, 0.05) is 74.5 Å². The maximum absolute atomic E-state index is 11.6. The smallest absolute Gasteiger partial charge is 0.124 e. The highest BCUT2D eigenvalue weighted by Gasteiger charge is 2.18. The molecule has 0 bridgehead atoms. The van der Waals surface area contributed by atoms with Gasteiger partial charge in [0.1, 0.15) is 11.5 Å². The fraction of sp³-hybridized carbons (Fsp3) is 0.229. The second-order valence-corrected chi connectivity index (χ2v) is 10.8. The van der Waals surface area contributed by atoms with Gasteiger partial charge in [-0.2, -0.15) is 0 Å². The van der Waals surface area contributed by atoms with Gasteiger partial charge in [-0.1, -0.05) is 53.6 Å². The van der Waals surface area contributed by atoms with Gasteiger partial charge in [-0.15, -0.1) is 0 Å². The Hall–Kier alpha value is -4.59. The second-order valence-electron chi connectivity index (χ2n) is 10.8. The normalized spacial score (nSPS) is 11.3. The molecule has 3 aromatic heterocycles. The molecular weight excluding hydrogens is 522 g/mol. The number of aromatic hydroxyl groups is 2. The lowest BCUT2D eigenvalue weighted by Gasteiger charge is -2.26. The number of benzene rings is 2. The van der Waals surface area contributed by atoms with Crippen molar-refractivity contribution in [2.75, 3.05) is 0 Å². The van der Waals surface area contributed by atoms with Crippen molar-refractivity contribution in [2.45, 2.75) is 53.1 Å². The Labute approximate surface area is 247 Å². The van der Waals surface area contributed by atoms with Crippen molar-refractivity contribution in [3.05, 3.63) is 148 Å². The predicted octanol–water partition coefficient (Wildman–Crippen LogP) is 6.30. The van der Waals surface area contributed by atoms with E-state index in [0.717, 1.165) is 44.9 Å². The average molecular weight is 560 g/mol. The highest BCUT2D eigenvalue weighted by molar-refractivity contribution is 5.44. The summed E-state index contributed by atoms with van der Waals surface area (Å²) in [6.45, 7) is 7.44. The first-order valence-corrected chi connectivity index (χ1v) is 14.2. The van der Waals surface area contributed by atoms with Crippen LogP contribution in [-0.2, 0) is 39.3 Å². The lowest BCUT2D eigenvalue weighted by Crippen LogP contribution is -2.25. The van der Waals surface area contributed by atoms with E-state index in [2.05, 4.69) is 37.7 Å². The number of phenolic OH excluding ortho intramolecular Hbond substituents is 2. The fourth-order valence-electron chi connectivity index (χ4n) is 5.24. The molecular formula is C35H37N5O2. The summed E-state index contributed by atoms with van der Waals surface area (Å²) in [6, 6.07) is 27.5. The average Bonchev–Trinajstić information content (AvgIpc) is 2.99. The summed E-state index contributed by atoms with van der Waals surface area (Å²) in [6.07, 6.45) is 5.40. The Morgan fingerprint density at radius 3 is 1.38 bits per heavy atom. The van der Waals surface area contributed by atoms with Crippen molar-refractivity contribution in [3.63, 3.8) is 0 Å². The summed E-state index contributed by atoms with van der Waals surface area (Å²) in [5, 5.41) is 22.2. The molecule has 0 radical (unpaired) electrons. The lowest BCUT2D eigenvalue weighted by atomic mass is 10.0. The summed E-state index contributed by atoms with van der Waals surface area (Å²) in [5.41, 5.74) is 7.54. The SMILES string of the molecule is Cc1ccc(O)c(CN(Cc2ccccn2)Cc2cc(C)cc(CN(Cc3ccccn3)Cc3ccccn3)c2O)c1. The Kier molecular flexibility index (Phi) is 9.54. The van der Waals surface area contributed by atoms with Crippen molar-refractivity contribution in [1.82, 2.24) is 24.8 Å². The Morgan fingerprint density at radius 2 is 0.929 bits per heavy atom. The number of phenols is 2. The number of pyridine rings is 3. The van der Waals surface area contributed by atoms with Gasteiger partial charge < -0.3 is 10.2 Å². The molecule has 0 amide bonds. The van der Waals surface area contributed by atoms with E-state index >= 15 is 0 Å². The molecule has 3 heterocycles. The molecule has 0 spiro atoms. The van der Waals surface area contributed by atoms with E-state index in [-0.39, 0.29) is 11.5 Å². The van der Waals surface area contributed by atoms with Crippen LogP contribution in [0.15, 0.2) is 104 Å². The van der Waals surface area contributed by atoms with E-state index in [4.69, 9.17) is 0 Å². The molecule has 0 saturated carbocycles. The number of aryl methyl sites for hydroxylation is 2. The molecule has 0 aliphatic heterocycles. The maximum Gasteiger partial charge on any atom is 0.124 e. The summed E-state index contributed by atoms with van der Waals surface area (Å²) in [4.78, 5) is 18.1. The Balaban J connectivity index is 1.43.